The normalized spacial score (nSPS) is 16.3. The van der Waals surface area contributed by atoms with Crippen molar-refractivity contribution >= 4 is 5.91 Å². The number of carbonyl (C=O) groups is 1. The average Bonchev–Trinajstić information content (AvgIpc) is 3.34. The van der Waals surface area contributed by atoms with Gasteiger partial charge in [0.1, 0.15) is 11.5 Å². The first-order valence-corrected chi connectivity index (χ1v) is 9.71. The first-order chi connectivity index (χ1) is 12.9. The smallest absolute Gasteiger partial charge is 0.258 e. The van der Waals surface area contributed by atoms with Crippen LogP contribution >= 0.6 is 0 Å². The first kappa shape index (κ1) is 19.5. The van der Waals surface area contributed by atoms with Crippen LogP contribution in [0.3, 0.4) is 0 Å². The number of nitrogens with zero attached hydrogens (tertiary/aromatic N) is 1. The molecule has 1 saturated heterocycles. The van der Waals surface area contributed by atoms with Crippen LogP contribution in [0, 0.1) is 0 Å². The fourth-order valence-corrected chi connectivity index (χ4v) is 3.41. The largest absolute Gasteiger partial charge is 0.484 e. The molecule has 146 valence electrons. The van der Waals surface area contributed by atoms with Crippen molar-refractivity contribution in [3.8, 4) is 5.75 Å². The number of hydrogen-bond donors (Lipinski definition) is 1. The highest BCUT2D eigenvalue weighted by molar-refractivity contribution is 5.77. The van der Waals surface area contributed by atoms with Crippen molar-refractivity contribution in [2.75, 3.05) is 26.2 Å². The van der Waals surface area contributed by atoms with Crippen LogP contribution in [-0.2, 0) is 10.2 Å². The predicted molar refractivity (Wildman–Crippen MR) is 106 cm³/mol. The van der Waals surface area contributed by atoms with E-state index in [1.807, 2.05) is 36.4 Å². The molecule has 1 fully saturated rings. The molecular weight excluding hydrogens is 340 g/mol. The summed E-state index contributed by atoms with van der Waals surface area (Å²) in [5, 5.41) is 2.99. The van der Waals surface area contributed by atoms with Gasteiger partial charge in [0.25, 0.3) is 5.91 Å². The Morgan fingerprint density at radius 1 is 1.19 bits per heavy atom. The minimum Gasteiger partial charge on any atom is -0.484 e. The van der Waals surface area contributed by atoms with Crippen LogP contribution in [0.2, 0.25) is 0 Å². The third-order valence-corrected chi connectivity index (χ3v) is 5.04. The summed E-state index contributed by atoms with van der Waals surface area (Å²) in [7, 11) is 0. The molecule has 0 bridgehead atoms. The zero-order valence-corrected chi connectivity index (χ0v) is 16.5. The summed E-state index contributed by atoms with van der Waals surface area (Å²) >= 11 is 0. The number of amides is 1. The fourth-order valence-electron chi connectivity index (χ4n) is 3.41. The van der Waals surface area contributed by atoms with Crippen LogP contribution in [0.4, 0.5) is 0 Å². The zero-order valence-electron chi connectivity index (χ0n) is 16.5. The number of ether oxygens (including phenoxy) is 1. The van der Waals surface area contributed by atoms with E-state index in [0.29, 0.717) is 12.3 Å². The van der Waals surface area contributed by atoms with Gasteiger partial charge in [-0.1, -0.05) is 32.9 Å². The molecule has 5 heteroatoms. The molecule has 0 saturated carbocycles. The highest BCUT2D eigenvalue weighted by atomic mass is 16.5. The third-order valence-electron chi connectivity index (χ3n) is 5.04. The van der Waals surface area contributed by atoms with Crippen LogP contribution < -0.4 is 10.1 Å². The zero-order chi connectivity index (χ0) is 19.3. The number of benzene rings is 1. The summed E-state index contributed by atoms with van der Waals surface area (Å²) < 4.78 is 11.2. The molecule has 1 atom stereocenters. The molecule has 1 aromatic heterocycles. The quantitative estimate of drug-likeness (QED) is 0.803. The van der Waals surface area contributed by atoms with E-state index in [2.05, 4.69) is 31.0 Å². The number of likely N-dealkylation sites (tertiary alicyclic amines) is 1. The van der Waals surface area contributed by atoms with Crippen molar-refractivity contribution in [2.24, 2.45) is 0 Å². The van der Waals surface area contributed by atoms with Gasteiger partial charge in [-0.25, -0.2) is 0 Å². The lowest BCUT2D eigenvalue weighted by Crippen LogP contribution is -2.38. The standard InChI is InChI=1S/C22H30N2O3/c1-22(2,3)17-8-10-18(11-9-17)27-16-21(25)23-15-19(20-7-6-14-26-20)24-12-4-5-13-24/h6-11,14,19H,4-5,12-13,15-16H2,1-3H3,(H,23,25). The molecule has 27 heavy (non-hydrogen) atoms. The van der Waals surface area contributed by atoms with Crippen molar-refractivity contribution in [1.82, 2.24) is 10.2 Å². The van der Waals surface area contributed by atoms with Crippen LogP contribution in [-0.4, -0.2) is 37.0 Å². The second kappa shape index (κ2) is 8.61. The first-order valence-electron chi connectivity index (χ1n) is 9.71. The van der Waals surface area contributed by atoms with E-state index >= 15 is 0 Å². The maximum absolute atomic E-state index is 12.2. The molecule has 1 aliphatic heterocycles. The van der Waals surface area contributed by atoms with Gasteiger partial charge in [0.2, 0.25) is 0 Å². The molecule has 1 N–H and O–H groups in total. The fraction of sp³-hybridized carbons (Fsp3) is 0.500. The van der Waals surface area contributed by atoms with Gasteiger partial charge >= 0.3 is 0 Å². The van der Waals surface area contributed by atoms with Crippen LogP contribution in [0.1, 0.15) is 51.0 Å². The molecule has 0 aliphatic carbocycles. The Hall–Kier alpha value is -2.27. The second-order valence-corrected chi connectivity index (χ2v) is 8.14. The second-order valence-electron chi connectivity index (χ2n) is 8.14. The lowest BCUT2D eigenvalue weighted by atomic mass is 9.87. The number of nitrogens with one attached hydrogen (secondary N) is 1. The Morgan fingerprint density at radius 2 is 1.89 bits per heavy atom. The molecule has 2 heterocycles. The molecule has 3 rings (SSSR count). The van der Waals surface area contributed by atoms with Gasteiger partial charge in [-0.2, -0.15) is 0 Å². The molecular formula is C22H30N2O3. The average molecular weight is 370 g/mol. The van der Waals surface area contributed by atoms with Crippen LogP contribution in [0.5, 0.6) is 5.75 Å². The number of carbonyl (C=O) groups excluding carboxylic acids is 1. The predicted octanol–water partition coefficient (Wildman–Crippen LogP) is 3.91. The lowest BCUT2D eigenvalue weighted by Gasteiger charge is -2.26. The highest BCUT2D eigenvalue weighted by Gasteiger charge is 2.25. The molecule has 1 amide bonds. The Balaban J connectivity index is 1.49. The third kappa shape index (κ3) is 5.36. The molecule has 5 nitrogen and oxygen atoms in total. The van der Waals surface area contributed by atoms with Gasteiger partial charge in [0.15, 0.2) is 6.61 Å². The molecule has 1 aliphatic rings. The van der Waals surface area contributed by atoms with Gasteiger partial charge in [-0.3, -0.25) is 9.69 Å². The Labute approximate surface area is 161 Å². The topological polar surface area (TPSA) is 54.7 Å². The number of furan rings is 1. The van der Waals surface area contributed by atoms with Crippen molar-refractivity contribution in [3.05, 3.63) is 54.0 Å². The van der Waals surface area contributed by atoms with E-state index in [1.165, 1.54) is 18.4 Å². The summed E-state index contributed by atoms with van der Waals surface area (Å²) in [6, 6.07) is 11.9. The van der Waals surface area contributed by atoms with Gasteiger partial charge in [-0.15, -0.1) is 0 Å². The summed E-state index contributed by atoms with van der Waals surface area (Å²) in [5.41, 5.74) is 1.35. The molecule has 1 aromatic carbocycles. The maximum atomic E-state index is 12.2. The van der Waals surface area contributed by atoms with Crippen molar-refractivity contribution < 1.29 is 13.9 Å². The molecule has 1 unspecified atom stereocenters. The summed E-state index contributed by atoms with van der Waals surface area (Å²) in [6.07, 6.45) is 4.07. The lowest BCUT2D eigenvalue weighted by molar-refractivity contribution is -0.123. The van der Waals surface area contributed by atoms with Crippen LogP contribution in [0.15, 0.2) is 47.1 Å². The molecule has 2 aromatic rings. The monoisotopic (exact) mass is 370 g/mol. The van der Waals surface area contributed by atoms with E-state index in [0.717, 1.165) is 18.8 Å². The molecule has 0 radical (unpaired) electrons. The van der Waals surface area contributed by atoms with E-state index in [-0.39, 0.29) is 24.0 Å². The van der Waals surface area contributed by atoms with E-state index < -0.39 is 0 Å². The van der Waals surface area contributed by atoms with E-state index in [9.17, 15) is 4.79 Å². The maximum Gasteiger partial charge on any atom is 0.258 e. The van der Waals surface area contributed by atoms with E-state index in [1.54, 1.807) is 6.26 Å². The van der Waals surface area contributed by atoms with Gasteiger partial charge in [0, 0.05) is 6.54 Å². The van der Waals surface area contributed by atoms with Gasteiger partial charge in [0.05, 0.1) is 12.3 Å². The van der Waals surface area contributed by atoms with Crippen LogP contribution in [0.25, 0.3) is 0 Å². The summed E-state index contributed by atoms with van der Waals surface area (Å²) in [5.74, 6) is 1.49. The van der Waals surface area contributed by atoms with Crippen molar-refractivity contribution in [1.29, 1.82) is 0 Å². The van der Waals surface area contributed by atoms with Gasteiger partial charge < -0.3 is 14.5 Å². The Bertz CT molecular complexity index is 711. The van der Waals surface area contributed by atoms with Crippen molar-refractivity contribution in [3.63, 3.8) is 0 Å². The van der Waals surface area contributed by atoms with E-state index in [4.69, 9.17) is 9.15 Å². The highest BCUT2D eigenvalue weighted by Crippen LogP contribution is 2.25. The summed E-state index contributed by atoms with van der Waals surface area (Å²) in [6.45, 7) is 9.14. The van der Waals surface area contributed by atoms with Crippen molar-refractivity contribution in [2.45, 2.75) is 45.1 Å². The number of hydrogen-bond acceptors (Lipinski definition) is 4. The Kier molecular flexibility index (Phi) is 6.22. The molecule has 0 spiro atoms. The summed E-state index contributed by atoms with van der Waals surface area (Å²) in [4.78, 5) is 14.6. The Morgan fingerprint density at radius 3 is 2.48 bits per heavy atom. The van der Waals surface area contributed by atoms with Gasteiger partial charge in [-0.05, 0) is 61.2 Å². The SMILES string of the molecule is CC(C)(C)c1ccc(OCC(=O)NCC(c2ccco2)N2CCCC2)cc1. The minimum atomic E-state index is -0.120. The number of rotatable bonds is 7. The minimum absolute atomic E-state index is 0.0136.